The van der Waals surface area contributed by atoms with E-state index in [1.165, 1.54) is 4.90 Å². The van der Waals surface area contributed by atoms with Gasteiger partial charge in [-0.1, -0.05) is 17.7 Å². The highest BCUT2D eigenvalue weighted by Gasteiger charge is 2.43. The lowest BCUT2D eigenvalue weighted by molar-refractivity contribution is -0.695. The van der Waals surface area contributed by atoms with E-state index in [-0.39, 0.29) is 18.4 Å². The SMILES string of the molecule is COc1ccc(N2C(=O)C[n+]3ccccc3[C@@H]2C(=O)Nc2ccc(Cl)cc2)cc1. The summed E-state index contributed by atoms with van der Waals surface area (Å²) in [5, 5.41) is 3.47. The Hall–Kier alpha value is -3.38. The number of carbonyl (C=O) groups is 2. The molecule has 0 aliphatic carbocycles. The van der Waals surface area contributed by atoms with Gasteiger partial charge in [-0.25, -0.2) is 0 Å². The number of anilines is 2. The zero-order valence-electron chi connectivity index (χ0n) is 15.7. The number of fused-ring (bicyclic) bond motifs is 1. The molecule has 3 aromatic rings. The minimum atomic E-state index is -0.818. The van der Waals surface area contributed by atoms with Gasteiger partial charge < -0.3 is 10.1 Å². The highest BCUT2D eigenvalue weighted by molar-refractivity contribution is 6.30. The smallest absolute Gasteiger partial charge is 0.294 e. The standard InChI is InChI=1S/C22H18ClN3O3/c1-29-18-11-9-17(10-12-18)26-20(27)14-25-13-3-2-4-19(25)21(26)22(28)24-16-7-5-15(23)6-8-16/h2-13,21H,14H2,1H3/p+1/t21-/m1/s1. The van der Waals surface area contributed by atoms with E-state index in [0.29, 0.717) is 22.1 Å². The van der Waals surface area contributed by atoms with E-state index < -0.39 is 6.04 Å². The van der Waals surface area contributed by atoms with E-state index in [9.17, 15) is 9.59 Å². The molecule has 1 aliphatic heterocycles. The molecule has 0 spiro atoms. The minimum absolute atomic E-state index is 0.160. The number of nitrogens with zero attached hydrogens (tertiary/aromatic N) is 2. The van der Waals surface area contributed by atoms with Gasteiger partial charge in [-0.05, 0) is 48.5 Å². The van der Waals surface area contributed by atoms with Crippen molar-refractivity contribution in [3.63, 3.8) is 0 Å². The van der Waals surface area contributed by atoms with Gasteiger partial charge in [0.25, 0.3) is 11.8 Å². The zero-order valence-corrected chi connectivity index (χ0v) is 16.5. The topological polar surface area (TPSA) is 62.5 Å². The molecule has 1 atom stereocenters. The molecule has 2 heterocycles. The number of aromatic nitrogens is 1. The second-order valence-corrected chi connectivity index (χ2v) is 7.05. The quantitative estimate of drug-likeness (QED) is 0.673. The molecular weight excluding hydrogens is 390 g/mol. The van der Waals surface area contributed by atoms with E-state index in [2.05, 4.69) is 5.32 Å². The van der Waals surface area contributed by atoms with Gasteiger partial charge in [0, 0.05) is 28.5 Å². The maximum atomic E-state index is 13.3. The van der Waals surface area contributed by atoms with Crippen molar-refractivity contribution >= 4 is 34.8 Å². The summed E-state index contributed by atoms with van der Waals surface area (Å²) < 4.78 is 7.00. The fraction of sp³-hybridized carbons (Fsp3) is 0.136. The first-order chi connectivity index (χ1) is 14.1. The van der Waals surface area contributed by atoms with Crippen LogP contribution in [-0.2, 0) is 16.1 Å². The number of hydrogen-bond donors (Lipinski definition) is 1. The molecule has 2 amide bonds. The molecular formula is C22H19ClN3O3+. The predicted octanol–water partition coefficient (Wildman–Crippen LogP) is 3.36. The van der Waals surface area contributed by atoms with Gasteiger partial charge in [0.1, 0.15) is 5.75 Å². The number of ether oxygens (including phenoxy) is 1. The fourth-order valence-corrected chi connectivity index (χ4v) is 3.54. The van der Waals surface area contributed by atoms with Crippen molar-refractivity contribution in [1.29, 1.82) is 0 Å². The Morgan fingerprint density at radius 2 is 1.83 bits per heavy atom. The van der Waals surface area contributed by atoms with Crippen molar-refractivity contribution in [3.8, 4) is 5.75 Å². The summed E-state index contributed by atoms with van der Waals surface area (Å²) in [6, 6.07) is 18.7. The van der Waals surface area contributed by atoms with Gasteiger partial charge >= 0.3 is 0 Å². The molecule has 1 aliphatic rings. The number of pyridine rings is 1. The van der Waals surface area contributed by atoms with Crippen molar-refractivity contribution < 1.29 is 18.9 Å². The van der Waals surface area contributed by atoms with Gasteiger partial charge in [-0.3, -0.25) is 14.5 Å². The molecule has 0 fully saturated rings. The van der Waals surface area contributed by atoms with Crippen molar-refractivity contribution in [2.75, 3.05) is 17.3 Å². The van der Waals surface area contributed by atoms with E-state index in [4.69, 9.17) is 16.3 Å². The van der Waals surface area contributed by atoms with Crippen molar-refractivity contribution in [3.05, 3.63) is 83.6 Å². The lowest BCUT2D eigenvalue weighted by Crippen LogP contribution is -2.58. The molecule has 6 nitrogen and oxygen atoms in total. The summed E-state index contributed by atoms with van der Waals surface area (Å²) in [7, 11) is 1.58. The van der Waals surface area contributed by atoms with Crippen LogP contribution in [0.3, 0.4) is 0 Å². The monoisotopic (exact) mass is 408 g/mol. The van der Waals surface area contributed by atoms with Crippen molar-refractivity contribution in [1.82, 2.24) is 0 Å². The molecule has 1 N–H and O–H groups in total. The predicted molar refractivity (Wildman–Crippen MR) is 110 cm³/mol. The Balaban J connectivity index is 1.74. The molecule has 0 bridgehead atoms. The third kappa shape index (κ3) is 3.79. The molecule has 0 saturated heterocycles. The molecule has 4 rings (SSSR count). The van der Waals surface area contributed by atoms with Crippen LogP contribution in [0.5, 0.6) is 5.75 Å². The first-order valence-electron chi connectivity index (χ1n) is 9.08. The van der Waals surface area contributed by atoms with Crippen LogP contribution in [0.15, 0.2) is 72.9 Å². The lowest BCUT2D eigenvalue weighted by atomic mass is 10.0. The van der Waals surface area contributed by atoms with Gasteiger partial charge in [0.05, 0.1) is 7.11 Å². The molecule has 7 heteroatoms. The summed E-state index contributed by atoms with van der Waals surface area (Å²) >= 11 is 5.93. The summed E-state index contributed by atoms with van der Waals surface area (Å²) in [4.78, 5) is 27.8. The molecule has 2 aromatic carbocycles. The molecule has 1 aromatic heterocycles. The van der Waals surface area contributed by atoms with Gasteiger partial charge in [-0.2, -0.15) is 4.57 Å². The summed E-state index contributed by atoms with van der Waals surface area (Å²) in [5.41, 5.74) is 1.96. The van der Waals surface area contributed by atoms with Crippen LogP contribution >= 0.6 is 11.6 Å². The van der Waals surface area contributed by atoms with Gasteiger partial charge in [0.2, 0.25) is 18.3 Å². The normalized spacial score (nSPS) is 15.6. The average molecular weight is 409 g/mol. The Labute approximate surface area is 173 Å². The molecule has 146 valence electrons. The number of carbonyl (C=O) groups excluding carboxylic acids is 2. The van der Waals surface area contributed by atoms with Crippen LogP contribution in [0, 0.1) is 0 Å². The number of methoxy groups -OCH3 is 1. The van der Waals surface area contributed by atoms with Crippen LogP contribution in [0.1, 0.15) is 11.7 Å². The number of rotatable bonds is 4. The number of amides is 2. The second kappa shape index (κ2) is 7.93. The third-order valence-corrected chi connectivity index (χ3v) is 5.05. The van der Waals surface area contributed by atoms with E-state index >= 15 is 0 Å². The zero-order chi connectivity index (χ0) is 20.4. The van der Waals surface area contributed by atoms with Crippen LogP contribution < -0.4 is 19.5 Å². The Morgan fingerprint density at radius 3 is 2.52 bits per heavy atom. The van der Waals surface area contributed by atoms with Gasteiger partial charge in [-0.15, -0.1) is 0 Å². The second-order valence-electron chi connectivity index (χ2n) is 6.61. The van der Waals surface area contributed by atoms with Crippen LogP contribution in [0.25, 0.3) is 0 Å². The molecule has 29 heavy (non-hydrogen) atoms. The van der Waals surface area contributed by atoms with E-state index in [1.807, 2.05) is 18.2 Å². The Kier molecular flexibility index (Phi) is 5.18. The Bertz CT molecular complexity index is 1050. The summed E-state index contributed by atoms with van der Waals surface area (Å²) in [6.07, 6.45) is 1.81. The highest BCUT2D eigenvalue weighted by atomic mass is 35.5. The van der Waals surface area contributed by atoms with Crippen LogP contribution in [0.4, 0.5) is 11.4 Å². The highest BCUT2D eigenvalue weighted by Crippen LogP contribution is 2.31. The first-order valence-corrected chi connectivity index (χ1v) is 9.45. The van der Waals surface area contributed by atoms with Crippen molar-refractivity contribution in [2.45, 2.75) is 12.6 Å². The van der Waals surface area contributed by atoms with Gasteiger partial charge in [0.15, 0.2) is 6.20 Å². The average Bonchev–Trinajstić information content (AvgIpc) is 2.74. The van der Waals surface area contributed by atoms with E-state index in [0.717, 1.165) is 5.69 Å². The minimum Gasteiger partial charge on any atom is -0.497 e. The first kappa shape index (κ1) is 19.0. The fourth-order valence-electron chi connectivity index (χ4n) is 3.41. The van der Waals surface area contributed by atoms with Crippen molar-refractivity contribution in [2.24, 2.45) is 0 Å². The largest absolute Gasteiger partial charge is 0.497 e. The van der Waals surface area contributed by atoms with E-state index in [1.54, 1.807) is 66.4 Å². The number of hydrogen-bond acceptors (Lipinski definition) is 3. The molecule has 0 unspecified atom stereocenters. The summed E-state index contributed by atoms with van der Waals surface area (Å²) in [5.74, 6) is 0.196. The maximum absolute atomic E-state index is 13.3. The lowest BCUT2D eigenvalue weighted by Gasteiger charge is -2.32. The summed E-state index contributed by atoms with van der Waals surface area (Å²) in [6.45, 7) is 0.160. The molecule has 0 saturated carbocycles. The number of halogens is 1. The Morgan fingerprint density at radius 1 is 1.10 bits per heavy atom. The number of benzene rings is 2. The third-order valence-electron chi connectivity index (χ3n) is 4.80. The maximum Gasteiger partial charge on any atom is 0.294 e. The van der Waals surface area contributed by atoms with Crippen LogP contribution in [-0.4, -0.2) is 18.9 Å². The number of nitrogens with one attached hydrogen (secondary N) is 1. The van der Waals surface area contributed by atoms with Crippen LogP contribution in [0.2, 0.25) is 5.02 Å². The molecule has 0 radical (unpaired) electrons.